The van der Waals surface area contributed by atoms with Crippen LogP contribution in [0, 0.1) is 0 Å². The topological polar surface area (TPSA) is 61.5 Å². The largest absolute Gasteiger partial charge is 0.460 e. The molecule has 0 heterocycles. The second-order valence-corrected chi connectivity index (χ2v) is 4.70. The van der Waals surface area contributed by atoms with Gasteiger partial charge in [-0.3, -0.25) is 4.79 Å². The first-order valence-corrected chi connectivity index (χ1v) is 6.83. The van der Waals surface area contributed by atoms with Crippen molar-refractivity contribution in [3.63, 3.8) is 0 Å². The van der Waals surface area contributed by atoms with E-state index >= 15 is 0 Å². The van der Waals surface area contributed by atoms with Crippen LogP contribution in [0.15, 0.2) is 60.7 Å². The summed E-state index contributed by atoms with van der Waals surface area (Å²) in [6.07, 6.45) is 0. The lowest BCUT2D eigenvalue weighted by atomic mass is 10.2. The summed E-state index contributed by atoms with van der Waals surface area (Å²) in [5, 5.41) is 0. The number of benzene rings is 2. The van der Waals surface area contributed by atoms with Crippen molar-refractivity contribution in [1.29, 1.82) is 0 Å². The molecule has 0 aliphatic rings. The minimum atomic E-state index is -0.766. The van der Waals surface area contributed by atoms with Crippen LogP contribution < -0.4 is 5.73 Å². The summed E-state index contributed by atoms with van der Waals surface area (Å²) >= 11 is 0. The fraction of sp³-hybridized carbons (Fsp3) is 0.235. The van der Waals surface area contributed by atoms with Gasteiger partial charge < -0.3 is 15.2 Å². The second kappa shape index (κ2) is 8.19. The van der Waals surface area contributed by atoms with Gasteiger partial charge >= 0.3 is 5.97 Å². The van der Waals surface area contributed by atoms with Gasteiger partial charge in [0.15, 0.2) is 0 Å². The van der Waals surface area contributed by atoms with Gasteiger partial charge in [-0.2, -0.15) is 0 Å². The van der Waals surface area contributed by atoms with Crippen LogP contribution in [0.25, 0.3) is 0 Å². The number of carbonyl (C=O) groups excluding carboxylic acids is 1. The Labute approximate surface area is 124 Å². The van der Waals surface area contributed by atoms with E-state index < -0.39 is 12.0 Å². The van der Waals surface area contributed by atoms with E-state index in [2.05, 4.69) is 0 Å². The smallest absolute Gasteiger partial charge is 0.325 e. The quantitative estimate of drug-likeness (QED) is 0.793. The van der Waals surface area contributed by atoms with Gasteiger partial charge in [-0.15, -0.1) is 0 Å². The molecule has 110 valence electrons. The molecule has 4 heteroatoms. The van der Waals surface area contributed by atoms with Crippen LogP contribution in [0.3, 0.4) is 0 Å². The third-order valence-electron chi connectivity index (χ3n) is 2.94. The monoisotopic (exact) mass is 285 g/mol. The van der Waals surface area contributed by atoms with E-state index in [9.17, 15) is 4.79 Å². The van der Waals surface area contributed by atoms with Crippen LogP contribution in [-0.4, -0.2) is 18.6 Å². The Morgan fingerprint density at radius 1 is 0.905 bits per heavy atom. The highest BCUT2D eigenvalue weighted by molar-refractivity contribution is 5.75. The fourth-order valence-corrected chi connectivity index (χ4v) is 1.78. The lowest BCUT2D eigenvalue weighted by Crippen LogP contribution is -2.36. The Balaban J connectivity index is 1.68. The van der Waals surface area contributed by atoms with E-state index in [0.717, 1.165) is 11.1 Å². The molecule has 2 N–H and O–H groups in total. The standard InChI is InChI=1S/C17H19NO3/c18-16(13-20-11-14-7-3-1-4-8-14)17(19)21-12-15-9-5-2-6-10-15/h1-10,16H,11-13,18H2. The highest BCUT2D eigenvalue weighted by atomic mass is 16.5. The van der Waals surface area contributed by atoms with Crippen molar-refractivity contribution < 1.29 is 14.3 Å². The zero-order valence-electron chi connectivity index (χ0n) is 11.8. The van der Waals surface area contributed by atoms with Crippen LogP contribution in [0.1, 0.15) is 11.1 Å². The lowest BCUT2D eigenvalue weighted by molar-refractivity contribution is -0.148. The van der Waals surface area contributed by atoms with Crippen molar-refractivity contribution >= 4 is 5.97 Å². The Hall–Kier alpha value is -2.17. The van der Waals surface area contributed by atoms with Crippen molar-refractivity contribution in [3.05, 3.63) is 71.8 Å². The molecule has 0 radical (unpaired) electrons. The highest BCUT2D eigenvalue weighted by Crippen LogP contribution is 2.03. The molecular weight excluding hydrogens is 266 g/mol. The SMILES string of the molecule is NC(COCc1ccccc1)C(=O)OCc1ccccc1. The molecule has 0 saturated carbocycles. The maximum absolute atomic E-state index is 11.7. The van der Waals surface area contributed by atoms with E-state index in [0.29, 0.717) is 6.61 Å². The average molecular weight is 285 g/mol. The Morgan fingerprint density at radius 2 is 1.43 bits per heavy atom. The van der Waals surface area contributed by atoms with Crippen LogP contribution in [0.4, 0.5) is 0 Å². The predicted molar refractivity (Wildman–Crippen MR) is 80.3 cm³/mol. The van der Waals surface area contributed by atoms with Gasteiger partial charge in [0.25, 0.3) is 0 Å². The summed E-state index contributed by atoms with van der Waals surface area (Å²) in [5.41, 5.74) is 7.72. The minimum absolute atomic E-state index is 0.141. The molecule has 1 unspecified atom stereocenters. The molecule has 0 bridgehead atoms. The zero-order valence-corrected chi connectivity index (χ0v) is 11.8. The Morgan fingerprint density at radius 3 is 2.00 bits per heavy atom. The molecule has 0 aromatic heterocycles. The van der Waals surface area contributed by atoms with Crippen molar-refractivity contribution in [2.24, 2.45) is 5.73 Å². The lowest BCUT2D eigenvalue weighted by Gasteiger charge is -2.12. The zero-order chi connectivity index (χ0) is 14.9. The van der Waals surface area contributed by atoms with Gasteiger partial charge in [-0.25, -0.2) is 0 Å². The molecule has 0 saturated heterocycles. The van der Waals surface area contributed by atoms with E-state index in [1.807, 2.05) is 60.7 Å². The summed E-state index contributed by atoms with van der Waals surface area (Å²) < 4.78 is 10.6. The molecule has 1 atom stereocenters. The molecule has 0 fully saturated rings. The third kappa shape index (κ3) is 5.38. The number of esters is 1. The summed E-state index contributed by atoms with van der Waals surface area (Å²) in [6, 6.07) is 18.5. The van der Waals surface area contributed by atoms with Crippen molar-refractivity contribution in [1.82, 2.24) is 0 Å². The first kappa shape index (κ1) is 15.2. The molecule has 0 aliphatic carbocycles. The Bertz CT molecular complexity index is 542. The van der Waals surface area contributed by atoms with E-state index in [1.54, 1.807) is 0 Å². The van der Waals surface area contributed by atoms with Crippen LogP contribution in [0.5, 0.6) is 0 Å². The fourth-order valence-electron chi connectivity index (χ4n) is 1.78. The molecule has 0 aliphatic heterocycles. The van der Waals surface area contributed by atoms with Gasteiger partial charge in [0.1, 0.15) is 12.6 Å². The number of hydrogen-bond donors (Lipinski definition) is 1. The average Bonchev–Trinajstić information content (AvgIpc) is 2.54. The van der Waals surface area contributed by atoms with Gasteiger partial charge in [0, 0.05) is 0 Å². The number of rotatable bonds is 7. The molecule has 2 rings (SSSR count). The normalized spacial score (nSPS) is 11.9. The molecule has 4 nitrogen and oxygen atoms in total. The van der Waals surface area contributed by atoms with E-state index in [1.165, 1.54) is 0 Å². The number of nitrogens with two attached hydrogens (primary N) is 1. The van der Waals surface area contributed by atoms with Crippen molar-refractivity contribution in [2.45, 2.75) is 19.3 Å². The van der Waals surface area contributed by atoms with Crippen molar-refractivity contribution in [3.8, 4) is 0 Å². The summed E-state index contributed by atoms with van der Waals surface area (Å²) in [5.74, 6) is -0.452. The molecule has 2 aromatic rings. The Kier molecular flexibility index (Phi) is 5.94. The first-order valence-electron chi connectivity index (χ1n) is 6.83. The molecule has 0 amide bonds. The minimum Gasteiger partial charge on any atom is -0.460 e. The van der Waals surface area contributed by atoms with E-state index in [4.69, 9.17) is 15.2 Å². The second-order valence-electron chi connectivity index (χ2n) is 4.70. The van der Waals surface area contributed by atoms with Crippen LogP contribution >= 0.6 is 0 Å². The van der Waals surface area contributed by atoms with Gasteiger partial charge in [0.05, 0.1) is 13.2 Å². The number of ether oxygens (including phenoxy) is 2. The number of hydrogen-bond acceptors (Lipinski definition) is 4. The maximum Gasteiger partial charge on any atom is 0.325 e. The van der Waals surface area contributed by atoms with Gasteiger partial charge in [-0.05, 0) is 11.1 Å². The molecular formula is C17H19NO3. The molecule has 2 aromatic carbocycles. The first-order chi connectivity index (χ1) is 10.3. The summed E-state index contributed by atoms with van der Waals surface area (Å²) in [4.78, 5) is 11.7. The van der Waals surface area contributed by atoms with Gasteiger partial charge in [0.2, 0.25) is 0 Å². The third-order valence-corrected chi connectivity index (χ3v) is 2.94. The number of carbonyl (C=O) groups is 1. The maximum atomic E-state index is 11.7. The molecule has 21 heavy (non-hydrogen) atoms. The van der Waals surface area contributed by atoms with Crippen LogP contribution in [-0.2, 0) is 27.5 Å². The highest BCUT2D eigenvalue weighted by Gasteiger charge is 2.15. The summed E-state index contributed by atoms with van der Waals surface area (Å²) in [6.45, 7) is 0.801. The molecule has 0 spiro atoms. The van der Waals surface area contributed by atoms with E-state index in [-0.39, 0.29) is 13.2 Å². The predicted octanol–water partition coefficient (Wildman–Crippen LogP) is 2.27. The summed E-state index contributed by atoms with van der Waals surface area (Å²) in [7, 11) is 0. The van der Waals surface area contributed by atoms with Crippen LogP contribution in [0.2, 0.25) is 0 Å². The van der Waals surface area contributed by atoms with Crippen molar-refractivity contribution in [2.75, 3.05) is 6.61 Å². The van der Waals surface area contributed by atoms with Gasteiger partial charge in [-0.1, -0.05) is 60.7 Å².